The zero-order valence-corrected chi connectivity index (χ0v) is 13.5. The summed E-state index contributed by atoms with van der Waals surface area (Å²) in [6.45, 7) is 3.15. The van der Waals surface area contributed by atoms with Crippen LogP contribution in [0.1, 0.15) is 28.6 Å². The molecule has 0 spiro atoms. The average molecular weight is 314 g/mol. The van der Waals surface area contributed by atoms with Crippen molar-refractivity contribution in [1.29, 1.82) is 0 Å². The molecule has 1 aliphatic rings. The number of rotatable bonds is 5. The number of carbonyl (C=O) groups excluding carboxylic acids is 1. The van der Waals surface area contributed by atoms with Crippen molar-refractivity contribution in [1.82, 2.24) is 20.0 Å². The van der Waals surface area contributed by atoms with Gasteiger partial charge in [0.2, 0.25) is 0 Å². The summed E-state index contributed by atoms with van der Waals surface area (Å²) in [6.07, 6.45) is 0.562. The van der Waals surface area contributed by atoms with Gasteiger partial charge in [-0.2, -0.15) is 5.10 Å². The summed E-state index contributed by atoms with van der Waals surface area (Å²) in [5.41, 5.74) is 1.16. The van der Waals surface area contributed by atoms with Crippen molar-refractivity contribution < 1.29 is 13.2 Å². The first-order valence-electron chi connectivity index (χ1n) is 6.98. The van der Waals surface area contributed by atoms with Gasteiger partial charge in [0, 0.05) is 18.8 Å². The smallest absolute Gasteiger partial charge is 0.271 e. The highest BCUT2D eigenvalue weighted by Gasteiger charge is 2.31. The van der Waals surface area contributed by atoms with E-state index in [0.717, 1.165) is 12.2 Å². The lowest BCUT2D eigenvalue weighted by Crippen LogP contribution is -2.31. The zero-order valence-electron chi connectivity index (χ0n) is 12.7. The fraction of sp³-hybridized carbons (Fsp3) is 0.692. The SMILES string of the molecule is Cc1cc(C(=O)NCCN(C)C)nn1C1CCS(=O)(=O)C1. The van der Waals surface area contributed by atoms with Crippen LogP contribution in [0.2, 0.25) is 0 Å². The molecule has 1 aromatic rings. The first-order chi connectivity index (χ1) is 9.78. The summed E-state index contributed by atoms with van der Waals surface area (Å²) in [5, 5.41) is 7.08. The summed E-state index contributed by atoms with van der Waals surface area (Å²) >= 11 is 0. The van der Waals surface area contributed by atoms with Crippen LogP contribution in [-0.4, -0.2) is 67.7 Å². The third-order valence-corrected chi connectivity index (χ3v) is 5.30. The van der Waals surface area contributed by atoms with Crippen LogP contribution in [0.4, 0.5) is 0 Å². The molecule has 1 amide bonds. The summed E-state index contributed by atoms with van der Waals surface area (Å²) in [7, 11) is 0.910. The highest BCUT2D eigenvalue weighted by molar-refractivity contribution is 7.91. The van der Waals surface area contributed by atoms with Crippen molar-refractivity contribution >= 4 is 15.7 Å². The van der Waals surface area contributed by atoms with Gasteiger partial charge in [0.05, 0.1) is 17.5 Å². The standard InChI is InChI=1S/C13H22N4O3S/c1-10-8-12(13(18)14-5-6-16(2)3)15-17(10)11-4-7-21(19,20)9-11/h8,11H,4-7,9H2,1-3H3,(H,14,18). The molecule has 1 N–H and O–H groups in total. The van der Waals surface area contributed by atoms with Gasteiger partial charge in [0.15, 0.2) is 9.84 Å². The van der Waals surface area contributed by atoms with Gasteiger partial charge in [-0.05, 0) is 33.5 Å². The van der Waals surface area contributed by atoms with Gasteiger partial charge in [0.1, 0.15) is 5.69 Å². The minimum absolute atomic E-state index is 0.108. The van der Waals surface area contributed by atoms with Crippen molar-refractivity contribution in [2.75, 3.05) is 38.7 Å². The lowest BCUT2D eigenvalue weighted by atomic mass is 10.2. The molecular formula is C13H22N4O3S. The largest absolute Gasteiger partial charge is 0.349 e. The normalized spacial score (nSPS) is 20.9. The molecule has 0 bridgehead atoms. The predicted molar refractivity (Wildman–Crippen MR) is 80.2 cm³/mol. The van der Waals surface area contributed by atoms with Gasteiger partial charge < -0.3 is 10.2 Å². The van der Waals surface area contributed by atoms with Crippen LogP contribution >= 0.6 is 0 Å². The zero-order chi connectivity index (χ0) is 15.6. The number of carbonyl (C=O) groups is 1. The number of likely N-dealkylation sites (N-methyl/N-ethyl adjacent to an activating group) is 1. The van der Waals surface area contributed by atoms with E-state index in [1.165, 1.54) is 0 Å². The van der Waals surface area contributed by atoms with E-state index >= 15 is 0 Å². The number of nitrogens with zero attached hydrogens (tertiary/aromatic N) is 3. The van der Waals surface area contributed by atoms with Gasteiger partial charge in [-0.25, -0.2) is 8.42 Å². The molecule has 1 aliphatic heterocycles. The Kier molecular flexibility index (Phi) is 4.67. The van der Waals surface area contributed by atoms with Gasteiger partial charge >= 0.3 is 0 Å². The second-order valence-electron chi connectivity index (χ2n) is 5.73. The number of nitrogens with one attached hydrogen (secondary N) is 1. The van der Waals surface area contributed by atoms with Crippen LogP contribution in [0.15, 0.2) is 6.07 Å². The maximum atomic E-state index is 12.0. The molecule has 2 heterocycles. The quantitative estimate of drug-likeness (QED) is 0.816. The Morgan fingerprint density at radius 2 is 2.24 bits per heavy atom. The third-order valence-electron chi connectivity index (χ3n) is 3.55. The van der Waals surface area contributed by atoms with E-state index in [1.807, 2.05) is 25.9 Å². The number of hydrogen-bond donors (Lipinski definition) is 1. The van der Waals surface area contributed by atoms with E-state index in [-0.39, 0.29) is 23.5 Å². The van der Waals surface area contributed by atoms with Crippen LogP contribution in [0.3, 0.4) is 0 Å². The van der Waals surface area contributed by atoms with E-state index < -0.39 is 9.84 Å². The van der Waals surface area contributed by atoms with Crippen LogP contribution in [0.25, 0.3) is 0 Å². The fourth-order valence-electron chi connectivity index (χ4n) is 2.42. The number of sulfone groups is 1. The summed E-state index contributed by atoms with van der Waals surface area (Å²) in [5.74, 6) is 0.0815. The first-order valence-corrected chi connectivity index (χ1v) is 8.80. The maximum absolute atomic E-state index is 12.0. The minimum Gasteiger partial charge on any atom is -0.349 e. The highest BCUT2D eigenvalue weighted by atomic mass is 32.2. The van der Waals surface area contributed by atoms with Gasteiger partial charge in [-0.1, -0.05) is 0 Å². The topological polar surface area (TPSA) is 84.3 Å². The molecular weight excluding hydrogens is 292 g/mol. The predicted octanol–water partition coefficient (Wildman–Crippen LogP) is -0.157. The van der Waals surface area contributed by atoms with E-state index in [9.17, 15) is 13.2 Å². The Morgan fingerprint density at radius 3 is 2.81 bits per heavy atom. The Bertz CT molecular complexity index is 621. The Balaban J connectivity index is 2.04. The van der Waals surface area contributed by atoms with E-state index in [2.05, 4.69) is 10.4 Å². The maximum Gasteiger partial charge on any atom is 0.271 e. The van der Waals surface area contributed by atoms with Crippen LogP contribution < -0.4 is 5.32 Å². The van der Waals surface area contributed by atoms with Crippen LogP contribution in [0.5, 0.6) is 0 Å². The Hall–Kier alpha value is -1.41. The van der Waals surface area contributed by atoms with Crippen LogP contribution in [-0.2, 0) is 9.84 Å². The van der Waals surface area contributed by atoms with Crippen LogP contribution in [0, 0.1) is 6.92 Å². The fourth-order valence-corrected chi connectivity index (χ4v) is 4.11. The number of aromatic nitrogens is 2. The van der Waals surface area contributed by atoms with E-state index in [0.29, 0.717) is 18.7 Å². The van der Waals surface area contributed by atoms with Gasteiger partial charge in [-0.3, -0.25) is 9.48 Å². The summed E-state index contributed by atoms with van der Waals surface area (Å²) in [4.78, 5) is 14.0. The lowest BCUT2D eigenvalue weighted by molar-refractivity contribution is 0.0945. The number of amides is 1. The Labute approximate surface area is 125 Å². The van der Waals surface area contributed by atoms with Crippen molar-refractivity contribution in [3.8, 4) is 0 Å². The molecule has 0 aliphatic carbocycles. The molecule has 21 heavy (non-hydrogen) atoms. The molecule has 2 rings (SSSR count). The molecule has 7 nitrogen and oxygen atoms in total. The Morgan fingerprint density at radius 1 is 1.52 bits per heavy atom. The van der Waals surface area contributed by atoms with Crippen molar-refractivity contribution in [2.24, 2.45) is 0 Å². The van der Waals surface area contributed by atoms with Crippen molar-refractivity contribution in [3.05, 3.63) is 17.5 Å². The second-order valence-corrected chi connectivity index (χ2v) is 7.96. The second kappa shape index (κ2) is 6.15. The van der Waals surface area contributed by atoms with Gasteiger partial charge in [-0.15, -0.1) is 0 Å². The van der Waals surface area contributed by atoms with Crippen molar-refractivity contribution in [3.63, 3.8) is 0 Å². The molecule has 0 aromatic carbocycles. The minimum atomic E-state index is -2.96. The number of aryl methyl sites for hydroxylation is 1. The molecule has 1 fully saturated rings. The van der Waals surface area contributed by atoms with E-state index in [1.54, 1.807) is 10.7 Å². The molecule has 8 heteroatoms. The molecule has 1 atom stereocenters. The first kappa shape index (κ1) is 16.0. The summed E-state index contributed by atoms with van der Waals surface area (Å²) < 4.78 is 24.8. The van der Waals surface area contributed by atoms with E-state index in [4.69, 9.17) is 0 Å². The molecule has 0 saturated carbocycles. The lowest BCUT2D eigenvalue weighted by Gasteiger charge is -2.11. The van der Waals surface area contributed by atoms with Crippen molar-refractivity contribution in [2.45, 2.75) is 19.4 Å². The summed E-state index contributed by atoms with van der Waals surface area (Å²) in [6, 6.07) is 1.55. The monoisotopic (exact) mass is 314 g/mol. The molecule has 0 radical (unpaired) electrons. The van der Waals surface area contributed by atoms with Gasteiger partial charge in [0.25, 0.3) is 5.91 Å². The number of hydrogen-bond acceptors (Lipinski definition) is 5. The highest BCUT2D eigenvalue weighted by Crippen LogP contribution is 2.24. The molecule has 1 aromatic heterocycles. The third kappa shape index (κ3) is 4.04. The molecule has 118 valence electrons. The molecule has 1 saturated heterocycles. The average Bonchev–Trinajstić information content (AvgIpc) is 2.91. The molecule has 1 unspecified atom stereocenters.